The zero-order valence-corrected chi connectivity index (χ0v) is 15.4. The normalized spacial score (nSPS) is 17.6. The van der Waals surface area contributed by atoms with Crippen molar-refractivity contribution >= 4 is 29.1 Å². The average Bonchev–Trinajstić information content (AvgIpc) is 3.19. The third-order valence-corrected chi connectivity index (χ3v) is 5.71. The van der Waals surface area contributed by atoms with Gasteiger partial charge in [-0.25, -0.2) is 4.79 Å². The highest BCUT2D eigenvalue weighted by Gasteiger charge is 2.25. The molecule has 134 valence electrons. The first-order chi connectivity index (χ1) is 12.0. The maximum atomic E-state index is 12.4. The molecule has 2 atom stereocenters. The fraction of sp³-hybridized carbons (Fsp3) is 0.500. The molecule has 1 aliphatic rings. The van der Waals surface area contributed by atoms with Crippen LogP contribution in [-0.2, 0) is 22.4 Å². The number of anilines is 1. The topological polar surface area (TPSA) is 81.4 Å². The van der Waals surface area contributed by atoms with Gasteiger partial charge in [0, 0.05) is 10.9 Å². The molecule has 0 bridgehead atoms. The molecule has 0 aliphatic heterocycles. The minimum atomic E-state index is -0.916. The Hall–Kier alpha value is -2.15. The van der Waals surface area contributed by atoms with E-state index in [1.807, 2.05) is 6.07 Å². The Morgan fingerprint density at radius 1 is 1.48 bits per heavy atom. The van der Waals surface area contributed by atoms with E-state index in [4.69, 9.17) is 9.26 Å². The fourth-order valence-electron chi connectivity index (χ4n) is 2.97. The van der Waals surface area contributed by atoms with Crippen LogP contribution in [0.3, 0.4) is 0 Å². The number of amides is 1. The maximum absolute atomic E-state index is 12.4. The molecular formula is C18H22N2O4S. The van der Waals surface area contributed by atoms with Crippen LogP contribution in [-0.4, -0.2) is 23.1 Å². The highest BCUT2D eigenvalue weighted by Crippen LogP contribution is 2.33. The van der Waals surface area contributed by atoms with E-state index in [1.165, 1.54) is 35.1 Å². The van der Waals surface area contributed by atoms with Gasteiger partial charge in [0.1, 0.15) is 4.88 Å². The molecule has 0 radical (unpaired) electrons. The number of hydrogen-bond acceptors (Lipinski definition) is 6. The number of carbonyl (C=O) groups excluding carboxylic acids is 2. The Kier molecular flexibility index (Phi) is 5.22. The van der Waals surface area contributed by atoms with Crippen LogP contribution in [0.2, 0.25) is 0 Å². The van der Waals surface area contributed by atoms with E-state index in [0.717, 1.165) is 19.3 Å². The predicted molar refractivity (Wildman–Crippen MR) is 94.9 cm³/mol. The summed E-state index contributed by atoms with van der Waals surface area (Å²) < 4.78 is 10.2. The van der Waals surface area contributed by atoms with Gasteiger partial charge in [0.15, 0.2) is 6.10 Å². The van der Waals surface area contributed by atoms with E-state index in [0.29, 0.717) is 16.5 Å². The molecule has 7 heteroatoms. The summed E-state index contributed by atoms with van der Waals surface area (Å²) in [5.41, 5.74) is 1.92. The van der Waals surface area contributed by atoms with Crippen molar-refractivity contribution < 1.29 is 18.8 Å². The van der Waals surface area contributed by atoms with Crippen molar-refractivity contribution in [2.45, 2.75) is 52.6 Å². The van der Waals surface area contributed by atoms with E-state index in [9.17, 15) is 9.59 Å². The zero-order valence-electron chi connectivity index (χ0n) is 14.6. The smallest absolute Gasteiger partial charge is 0.349 e. The average molecular weight is 362 g/mol. The van der Waals surface area contributed by atoms with Crippen molar-refractivity contribution in [2.24, 2.45) is 5.92 Å². The number of nitrogens with zero attached hydrogens (tertiary/aromatic N) is 1. The predicted octanol–water partition coefficient (Wildman–Crippen LogP) is 3.74. The zero-order chi connectivity index (χ0) is 18.0. The third kappa shape index (κ3) is 4.10. The molecule has 25 heavy (non-hydrogen) atoms. The lowest BCUT2D eigenvalue weighted by molar-refractivity contribution is -0.123. The molecule has 1 amide bonds. The van der Waals surface area contributed by atoms with Crippen LogP contribution < -0.4 is 5.32 Å². The van der Waals surface area contributed by atoms with Crippen LogP contribution in [0.15, 0.2) is 16.7 Å². The first-order valence-electron chi connectivity index (χ1n) is 8.53. The lowest BCUT2D eigenvalue weighted by Gasteiger charge is -2.19. The van der Waals surface area contributed by atoms with Gasteiger partial charge in [-0.15, -0.1) is 11.3 Å². The van der Waals surface area contributed by atoms with Crippen molar-refractivity contribution in [1.82, 2.24) is 5.16 Å². The number of hydrogen-bond donors (Lipinski definition) is 1. The molecule has 2 heterocycles. The highest BCUT2D eigenvalue weighted by molar-refractivity contribution is 7.14. The molecule has 2 aromatic rings. The Labute approximate surface area is 150 Å². The second-order valence-electron chi connectivity index (χ2n) is 6.45. The van der Waals surface area contributed by atoms with Gasteiger partial charge in [-0.3, -0.25) is 10.1 Å². The summed E-state index contributed by atoms with van der Waals surface area (Å²) in [7, 11) is 0. The summed E-state index contributed by atoms with van der Waals surface area (Å²) in [4.78, 5) is 26.3. The second kappa shape index (κ2) is 7.39. The number of esters is 1. The summed E-state index contributed by atoms with van der Waals surface area (Å²) >= 11 is 1.48. The Morgan fingerprint density at radius 2 is 2.28 bits per heavy atom. The quantitative estimate of drug-likeness (QED) is 0.819. The van der Waals surface area contributed by atoms with Crippen molar-refractivity contribution in [2.75, 3.05) is 5.32 Å². The Morgan fingerprint density at radius 3 is 2.96 bits per heavy atom. The first kappa shape index (κ1) is 17.7. The number of carbonyl (C=O) groups is 2. The van der Waals surface area contributed by atoms with E-state index in [2.05, 4.69) is 17.4 Å². The van der Waals surface area contributed by atoms with Crippen LogP contribution in [0.5, 0.6) is 0 Å². The molecule has 0 aromatic carbocycles. The molecule has 0 unspecified atom stereocenters. The molecule has 0 saturated carbocycles. The van der Waals surface area contributed by atoms with Crippen molar-refractivity contribution in [3.63, 3.8) is 0 Å². The van der Waals surface area contributed by atoms with Crippen LogP contribution >= 0.6 is 11.3 Å². The highest BCUT2D eigenvalue weighted by atomic mass is 32.1. The van der Waals surface area contributed by atoms with Crippen molar-refractivity contribution in [1.29, 1.82) is 0 Å². The van der Waals surface area contributed by atoms with Crippen molar-refractivity contribution in [3.8, 4) is 0 Å². The maximum Gasteiger partial charge on any atom is 0.349 e. The van der Waals surface area contributed by atoms with Gasteiger partial charge in [0.25, 0.3) is 5.91 Å². The van der Waals surface area contributed by atoms with E-state index in [-0.39, 0.29) is 5.88 Å². The molecule has 0 saturated heterocycles. The number of aryl methyl sites for hydroxylation is 2. The second-order valence-corrected chi connectivity index (χ2v) is 7.58. The molecule has 0 spiro atoms. The molecule has 3 rings (SSSR count). The summed E-state index contributed by atoms with van der Waals surface area (Å²) in [6.45, 7) is 5.49. The summed E-state index contributed by atoms with van der Waals surface area (Å²) in [6.07, 6.45) is 3.46. The van der Waals surface area contributed by atoms with Gasteiger partial charge in [-0.1, -0.05) is 18.5 Å². The molecular weight excluding hydrogens is 340 g/mol. The van der Waals surface area contributed by atoms with E-state index in [1.54, 1.807) is 13.0 Å². The monoisotopic (exact) mass is 362 g/mol. The first-order valence-corrected chi connectivity index (χ1v) is 9.34. The molecule has 1 aliphatic carbocycles. The molecule has 2 aromatic heterocycles. The molecule has 6 nitrogen and oxygen atoms in total. The Balaban J connectivity index is 1.60. The van der Waals surface area contributed by atoms with Gasteiger partial charge >= 0.3 is 5.97 Å². The lowest BCUT2D eigenvalue weighted by atomic mass is 9.87. The number of rotatable bonds is 5. The summed E-state index contributed by atoms with van der Waals surface area (Å²) in [6, 6.07) is 3.53. The van der Waals surface area contributed by atoms with E-state index >= 15 is 0 Å². The number of thiophene rings is 1. The molecule has 1 N–H and O–H groups in total. The van der Waals surface area contributed by atoms with Gasteiger partial charge in [-0.2, -0.15) is 0 Å². The number of nitrogens with one attached hydrogen (secondary N) is 1. The fourth-order valence-corrected chi connectivity index (χ4v) is 4.06. The largest absolute Gasteiger partial charge is 0.448 e. The lowest BCUT2D eigenvalue weighted by Crippen LogP contribution is -2.29. The number of fused-ring (bicyclic) bond motifs is 1. The van der Waals surface area contributed by atoms with Crippen LogP contribution in [0, 0.1) is 12.8 Å². The Bertz CT molecular complexity index is 780. The molecule has 0 fully saturated rings. The van der Waals surface area contributed by atoms with Gasteiger partial charge < -0.3 is 9.26 Å². The minimum absolute atomic E-state index is 0.239. The van der Waals surface area contributed by atoms with Crippen LogP contribution in [0.4, 0.5) is 5.88 Å². The SMILES string of the molecule is CC[C@H]1CCc2sc(C(=O)O[C@H](C)C(=O)Nc3cc(C)no3)cc2C1. The van der Waals surface area contributed by atoms with Crippen molar-refractivity contribution in [3.05, 3.63) is 33.1 Å². The number of ether oxygens (including phenoxy) is 1. The van der Waals surface area contributed by atoms with Crippen LogP contribution in [0.25, 0.3) is 0 Å². The number of aromatic nitrogens is 1. The van der Waals surface area contributed by atoms with Crippen LogP contribution in [0.1, 0.15) is 52.5 Å². The summed E-state index contributed by atoms with van der Waals surface area (Å²) in [5.74, 6) is 0.0318. The minimum Gasteiger partial charge on any atom is -0.448 e. The summed E-state index contributed by atoms with van der Waals surface area (Å²) in [5, 5.41) is 6.23. The van der Waals surface area contributed by atoms with Gasteiger partial charge in [0.2, 0.25) is 5.88 Å². The standard InChI is InChI=1S/C18H22N2O4S/c1-4-12-5-6-14-13(8-12)9-15(25-14)18(22)23-11(3)17(21)19-16-7-10(2)20-24-16/h7,9,11-12H,4-6,8H2,1-3H3,(H,19,21)/t11-,12+/m1/s1. The van der Waals surface area contributed by atoms with Gasteiger partial charge in [0.05, 0.1) is 5.69 Å². The van der Waals surface area contributed by atoms with E-state index < -0.39 is 18.0 Å². The third-order valence-electron chi connectivity index (χ3n) is 4.49. The van der Waals surface area contributed by atoms with Gasteiger partial charge in [-0.05, 0) is 50.7 Å².